The van der Waals surface area contributed by atoms with Crippen molar-refractivity contribution < 1.29 is 27.8 Å². The third-order valence-corrected chi connectivity index (χ3v) is 6.27. The van der Waals surface area contributed by atoms with Crippen LogP contribution in [0.25, 0.3) is 28.0 Å². The van der Waals surface area contributed by atoms with E-state index in [0.29, 0.717) is 35.6 Å². The van der Waals surface area contributed by atoms with Crippen molar-refractivity contribution in [3.05, 3.63) is 65.7 Å². The molecule has 0 bridgehead atoms. The Balaban J connectivity index is 1.41. The number of hydrogen-bond donors (Lipinski definition) is 0. The Morgan fingerprint density at radius 3 is 2.49 bits per heavy atom. The average Bonchev–Trinajstić information content (AvgIpc) is 3.22. The van der Waals surface area contributed by atoms with Gasteiger partial charge in [0.25, 0.3) is 0 Å². The number of carbonyl (C=O) groups is 1. The normalized spacial score (nSPS) is 14.0. The number of rotatable bonds is 6. The molecular weight excluding hydrogens is 508 g/mol. The minimum atomic E-state index is -0.682. The van der Waals surface area contributed by atoms with Crippen molar-refractivity contribution in [1.29, 1.82) is 0 Å². The van der Waals surface area contributed by atoms with Crippen LogP contribution in [0.15, 0.2) is 42.7 Å². The zero-order valence-corrected chi connectivity index (χ0v) is 22.4. The second-order valence-corrected chi connectivity index (χ2v) is 10.5. The number of ether oxygens (including phenoxy) is 3. The second-order valence-electron chi connectivity index (χ2n) is 10.5. The van der Waals surface area contributed by atoms with Crippen LogP contribution in [-0.4, -0.2) is 63.2 Å². The summed E-state index contributed by atoms with van der Waals surface area (Å²) in [6.07, 6.45) is 2.92. The van der Waals surface area contributed by atoms with Gasteiger partial charge < -0.3 is 23.5 Å². The Hall–Kier alpha value is -4.12. The van der Waals surface area contributed by atoms with Gasteiger partial charge in [-0.15, -0.1) is 0 Å². The van der Waals surface area contributed by atoms with Crippen LogP contribution in [0.1, 0.15) is 38.1 Å². The Labute approximate surface area is 224 Å². The van der Waals surface area contributed by atoms with Gasteiger partial charge in [-0.2, -0.15) is 10.2 Å². The van der Waals surface area contributed by atoms with E-state index in [4.69, 9.17) is 14.2 Å². The summed E-state index contributed by atoms with van der Waals surface area (Å²) in [5.74, 6) is -1.30. The molecule has 1 amide bonds. The maximum Gasteiger partial charge on any atom is 0.410 e. The number of aryl methyl sites for hydroxylation is 1. The highest BCUT2D eigenvalue weighted by molar-refractivity contribution is 5.76. The van der Waals surface area contributed by atoms with Crippen LogP contribution in [0.5, 0.6) is 5.75 Å². The first-order chi connectivity index (χ1) is 18.5. The van der Waals surface area contributed by atoms with Crippen molar-refractivity contribution in [3.8, 4) is 28.1 Å². The number of likely N-dealkylation sites (tertiary alicyclic amines) is 1. The second kappa shape index (κ2) is 10.2. The Morgan fingerprint density at radius 2 is 1.82 bits per heavy atom. The van der Waals surface area contributed by atoms with E-state index < -0.39 is 17.2 Å². The van der Waals surface area contributed by atoms with Gasteiger partial charge in [0.1, 0.15) is 5.60 Å². The maximum absolute atomic E-state index is 15.8. The summed E-state index contributed by atoms with van der Waals surface area (Å²) in [6.45, 7) is 7.98. The van der Waals surface area contributed by atoms with E-state index >= 15 is 4.39 Å². The average molecular weight is 538 g/mol. The van der Waals surface area contributed by atoms with Crippen molar-refractivity contribution in [2.45, 2.75) is 39.2 Å². The number of fused-ring (bicyclic) bond motifs is 1. The lowest BCUT2D eigenvalue weighted by molar-refractivity contribution is 0.00780. The van der Waals surface area contributed by atoms with E-state index in [2.05, 4.69) is 15.2 Å². The molecule has 1 fully saturated rings. The number of pyridine rings is 1. The van der Waals surface area contributed by atoms with Crippen LogP contribution in [0.4, 0.5) is 13.6 Å². The van der Waals surface area contributed by atoms with Gasteiger partial charge >= 0.3 is 6.09 Å². The quantitative estimate of drug-likeness (QED) is 0.306. The van der Waals surface area contributed by atoms with E-state index in [-0.39, 0.29) is 35.8 Å². The van der Waals surface area contributed by atoms with Gasteiger partial charge in [-0.3, -0.25) is 0 Å². The molecule has 4 heterocycles. The molecule has 0 unspecified atom stereocenters. The number of imidazole rings is 1. The first-order valence-corrected chi connectivity index (χ1v) is 12.5. The van der Waals surface area contributed by atoms with Crippen molar-refractivity contribution in [3.63, 3.8) is 0 Å². The number of nitrogens with zero attached hydrogens (tertiary/aromatic N) is 5. The highest BCUT2D eigenvalue weighted by Crippen LogP contribution is 2.38. The van der Waals surface area contributed by atoms with E-state index in [1.165, 1.54) is 17.6 Å². The molecule has 0 aliphatic carbocycles. The van der Waals surface area contributed by atoms with Crippen molar-refractivity contribution >= 4 is 11.7 Å². The molecule has 39 heavy (non-hydrogen) atoms. The maximum atomic E-state index is 15.8. The SMILES string of the molecule is COCOc1c(-c2ccc(C3CN(C(=O)OC(C)(C)C)C3)nn2)ccc(-c2cc(F)c3nc(C)cn3c2)c1F. The van der Waals surface area contributed by atoms with E-state index in [9.17, 15) is 9.18 Å². The van der Waals surface area contributed by atoms with Crippen LogP contribution in [-0.2, 0) is 9.47 Å². The monoisotopic (exact) mass is 537 g/mol. The molecule has 1 aliphatic heterocycles. The summed E-state index contributed by atoms with van der Waals surface area (Å²) in [5, 5.41) is 8.63. The number of methoxy groups -OCH3 is 1. The molecule has 0 atom stereocenters. The van der Waals surface area contributed by atoms with Crippen molar-refractivity contribution in [2.75, 3.05) is 27.0 Å². The summed E-state index contributed by atoms with van der Waals surface area (Å²) >= 11 is 0. The molecule has 204 valence electrons. The molecule has 0 radical (unpaired) electrons. The minimum absolute atomic E-state index is 0.0269. The van der Waals surface area contributed by atoms with Gasteiger partial charge in [-0.25, -0.2) is 18.6 Å². The highest BCUT2D eigenvalue weighted by Gasteiger charge is 2.35. The van der Waals surface area contributed by atoms with Crippen LogP contribution < -0.4 is 4.74 Å². The third-order valence-electron chi connectivity index (χ3n) is 6.27. The molecule has 0 N–H and O–H groups in total. The summed E-state index contributed by atoms with van der Waals surface area (Å²) < 4.78 is 48.1. The molecule has 4 aromatic rings. The van der Waals surface area contributed by atoms with Gasteiger partial charge in [0.15, 0.2) is 29.8 Å². The molecule has 1 aromatic carbocycles. The summed E-state index contributed by atoms with van der Waals surface area (Å²) in [5.41, 5.74) is 2.21. The zero-order chi connectivity index (χ0) is 27.9. The van der Waals surface area contributed by atoms with Crippen LogP contribution in [0, 0.1) is 18.6 Å². The Kier molecular flexibility index (Phi) is 6.94. The van der Waals surface area contributed by atoms with Gasteiger partial charge in [-0.05, 0) is 52.0 Å². The van der Waals surface area contributed by atoms with Crippen LogP contribution >= 0.6 is 0 Å². The number of benzene rings is 1. The molecular formula is C28H29F2N5O4. The largest absolute Gasteiger partial charge is 0.464 e. The lowest BCUT2D eigenvalue weighted by atomic mass is 9.96. The number of carbonyl (C=O) groups excluding carboxylic acids is 1. The smallest absolute Gasteiger partial charge is 0.410 e. The molecule has 3 aromatic heterocycles. The fourth-order valence-corrected chi connectivity index (χ4v) is 4.41. The first kappa shape index (κ1) is 26.5. The number of hydrogen-bond acceptors (Lipinski definition) is 7. The third kappa shape index (κ3) is 5.40. The van der Waals surface area contributed by atoms with Gasteiger partial charge in [0.2, 0.25) is 0 Å². The fraction of sp³-hybridized carbons (Fsp3) is 0.357. The van der Waals surface area contributed by atoms with E-state index in [1.54, 1.807) is 48.5 Å². The van der Waals surface area contributed by atoms with Gasteiger partial charge in [0.05, 0.1) is 17.1 Å². The molecule has 5 rings (SSSR count). The topological polar surface area (TPSA) is 91.1 Å². The number of amides is 1. The summed E-state index contributed by atoms with van der Waals surface area (Å²) in [4.78, 5) is 18.0. The summed E-state index contributed by atoms with van der Waals surface area (Å²) in [7, 11) is 1.43. The highest BCUT2D eigenvalue weighted by atomic mass is 19.1. The predicted molar refractivity (Wildman–Crippen MR) is 139 cm³/mol. The number of aromatic nitrogens is 4. The molecule has 9 nitrogen and oxygen atoms in total. The predicted octanol–water partition coefficient (Wildman–Crippen LogP) is 5.36. The lowest BCUT2D eigenvalue weighted by Gasteiger charge is -2.39. The van der Waals surface area contributed by atoms with Crippen molar-refractivity contribution in [2.24, 2.45) is 0 Å². The fourth-order valence-electron chi connectivity index (χ4n) is 4.41. The van der Waals surface area contributed by atoms with Crippen molar-refractivity contribution in [1.82, 2.24) is 24.5 Å². The standard InChI is InChI=1S/C28H29F2N5O4/c1-16-11-34-12-17(10-21(29)26(34)31-16)19-6-7-20(25(24(19)30)38-15-37-5)23-9-8-22(32-33-23)18-13-35(14-18)27(36)39-28(2,3)4/h6-12,18H,13-15H2,1-5H3. The molecule has 11 heteroatoms. The van der Waals surface area contributed by atoms with Gasteiger partial charge in [-0.1, -0.05) is 6.07 Å². The van der Waals surface area contributed by atoms with Crippen LogP contribution in [0.2, 0.25) is 0 Å². The molecule has 0 saturated carbocycles. The molecule has 0 spiro atoms. The van der Waals surface area contributed by atoms with E-state index in [1.807, 2.05) is 20.8 Å². The zero-order valence-electron chi connectivity index (χ0n) is 22.4. The number of halogens is 2. The summed E-state index contributed by atoms with van der Waals surface area (Å²) in [6, 6.07) is 7.98. The lowest BCUT2D eigenvalue weighted by Crippen LogP contribution is -2.50. The van der Waals surface area contributed by atoms with Gasteiger partial charge in [0, 0.05) is 55.2 Å². The molecule has 1 aliphatic rings. The minimum Gasteiger partial charge on any atom is -0.464 e. The first-order valence-electron chi connectivity index (χ1n) is 12.5. The van der Waals surface area contributed by atoms with Crippen LogP contribution in [0.3, 0.4) is 0 Å². The molecule has 1 saturated heterocycles. The van der Waals surface area contributed by atoms with E-state index in [0.717, 1.165) is 5.69 Å². The Bertz CT molecular complexity index is 1530. The Morgan fingerprint density at radius 1 is 1.08 bits per heavy atom.